The van der Waals surface area contributed by atoms with Crippen LogP contribution >= 0.6 is 0 Å². The van der Waals surface area contributed by atoms with Gasteiger partial charge in [0.15, 0.2) is 0 Å². The molecule has 3 saturated heterocycles. The van der Waals surface area contributed by atoms with Crippen LogP contribution in [0.4, 0.5) is 0 Å². The van der Waals surface area contributed by atoms with Crippen LogP contribution in [0.5, 0.6) is 0 Å². The van der Waals surface area contributed by atoms with Crippen LogP contribution in [0.3, 0.4) is 0 Å². The second kappa shape index (κ2) is 5.05. The Morgan fingerprint density at radius 3 is 2.70 bits per heavy atom. The summed E-state index contributed by atoms with van der Waals surface area (Å²) in [7, 11) is 0. The summed E-state index contributed by atoms with van der Waals surface area (Å²) in [5, 5.41) is 9.50. The average molecular weight is 320 g/mol. The molecular weight excluding hydrogens is 296 g/mol. The quantitative estimate of drug-likeness (QED) is 0.776. The Hall–Kier alpha value is -1.40. The fourth-order valence-electron chi connectivity index (χ4n) is 4.83. The molecule has 126 valence electrons. The fraction of sp³-hybridized carbons (Fsp3) is 0.765. The number of carboxylic acids is 1. The summed E-state index contributed by atoms with van der Waals surface area (Å²) >= 11 is 0. The lowest BCUT2D eigenvalue weighted by Gasteiger charge is -2.39. The first kappa shape index (κ1) is 15.1. The van der Waals surface area contributed by atoms with E-state index in [0.717, 1.165) is 25.9 Å². The minimum absolute atomic E-state index is 0.0211. The summed E-state index contributed by atoms with van der Waals surface area (Å²) < 4.78 is 5.94. The van der Waals surface area contributed by atoms with Crippen LogP contribution in [0.1, 0.15) is 26.7 Å². The molecule has 6 heteroatoms. The number of ether oxygens (including phenoxy) is 1. The minimum atomic E-state index is -0.920. The molecule has 1 spiro atoms. The SMILES string of the molecule is CC(C)N1CCC(N2CC34C=CC(O3)C(C(=O)O)C4C2=O)CC1. The van der Waals surface area contributed by atoms with Crippen LogP contribution in [-0.2, 0) is 14.3 Å². The molecule has 0 aromatic carbocycles. The Morgan fingerprint density at radius 2 is 2.09 bits per heavy atom. The van der Waals surface area contributed by atoms with Gasteiger partial charge in [-0.15, -0.1) is 0 Å². The predicted molar refractivity (Wildman–Crippen MR) is 82.8 cm³/mol. The number of nitrogens with zero attached hydrogens (tertiary/aromatic N) is 2. The third kappa shape index (κ3) is 2.08. The highest BCUT2D eigenvalue weighted by Crippen LogP contribution is 2.52. The molecule has 0 aliphatic carbocycles. The summed E-state index contributed by atoms with van der Waals surface area (Å²) in [6.07, 6.45) is 5.23. The maximum absolute atomic E-state index is 12.9. The van der Waals surface area contributed by atoms with Gasteiger partial charge in [-0.3, -0.25) is 9.59 Å². The van der Waals surface area contributed by atoms with E-state index in [4.69, 9.17) is 4.74 Å². The molecule has 4 unspecified atom stereocenters. The van der Waals surface area contributed by atoms with Gasteiger partial charge in [-0.25, -0.2) is 0 Å². The number of carbonyl (C=O) groups excluding carboxylic acids is 1. The second-order valence-electron chi connectivity index (χ2n) is 7.57. The maximum Gasteiger partial charge on any atom is 0.310 e. The first-order valence-corrected chi connectivity index (χ1v) is 8.57. The van der Waals surface area contributed by atoms with Crippen LogP contribution in [0.25, 0.3) is 0 Å². The summed E-state index contributed by atoms with van der Waals surface area (Å²) in [5.41, 5.74) is -0.694. The van der Waals surface area contributed by atoms with Crippen LogP contribution in [0.15, 0.2) is 12.2 Å². The number of rotatable bonds is 3. The van der Waals surface area contributed by atoms with Gasteiger partial charge < -0.3 is 19.6 Å². The van der Waals surface area contributed by atoms with E-state index in [1.165, 1.54) is 0 Å². The normalized spacial score (nSPS) is 40.4. The first-order valence-electron chi connectivity index (χ1n) is 8.57. The molecule has 4 rings (SSSR count). The zero-order chi connectivity index (χ0) is 16.4. The molecule has 4 heterocycles. The molecule has 6 nitrogen and oxygen atoms in total. The minimum Gasteiger partial charge on any atom is -0.481 e. The van der Waals surface area contributed by atoms with Crippen LogP contribution in [0.2, 0.25) is 0 Å². The number of aliphatic carboxylic acids is 1. The van der Waals surface area contributed by atoms with Crippen molar-refractivity contribution in [2.75, 3.05) is 19.6 Å². The van der Waals surface area contributed by atoms with Crippen molar-refractivity contribution in [1.82, 2.24) is 9.80 Å². The summed E-state index contributed by atoms with van der Waals surface area (Å²) in [4.78, 5) is 28.9. The van der Waals surface area contributed by atoms with E-state index in [-0.39, 0.29) is 11.9 Å². The molecule has 4 aliphatic heterocycles. The highest BCUT2D eigenvalue weighted by Gasteiger charge is 2.67. The topological polar surface area (TPSA) is 70.1 Å². The van der Waals surface area contributed by atoms with Gasteiger partial charge in [0.25, 0.3) is 0 Å². The Morgan fingerprint density at radius 1 is 1.39 bits per heavy atom. The Kier molecular flexibility index (Phi) is 3.32. The molecule has 1 amide bonds. The van der Waals surface area contributed by atoms with Crippen LogP contribution in [0, 0.1) is 11.8 Å². The fourth-order valence-corrected chi connectivity index (χ4v) is 4.83. The van der Waals surface area contributed by atoms with Gasteiger partial charge in [0.05, 0.1) is 18.6 Å². The highest BCUT2D eigenvalue weighted by molar-refractivity contribution is 5.91. The van der Waals surface area contributed by atoms with Gasteiger partial charge in [0, 0.05) is 25.2 Å². The van der Waals surface area contributed by atoms with Gasteiger partial charge in [-0.05, 0) is 26.7 Å². The van der Waals surface area contributed by atoms with E-state index in [0.29, 0.717) is 12.6 Å². The van der Waals surface area contributed by atoms with Crippen molar-refractivity contribution in [2.24, 2.45) is 11.8 Å². The van der Waals surface area contributed by atoms with Crippen molar-refractivity contribution in [3.05, 3.63) is 12.2 Å². The molecular formula is C17H24N2O4. The number of carbonyl (C=O) groups is 2. The number of fused-ring (bicyclic) bond motifs is 1. The third-order valence-electron chi connectivity index (χ3n) is 6.08. The molecule has 0 saturated carbocycles. The van der Waals surface area contributed by atoms with E-state index in [1.807, 2.05) is 17.1 Å². The number of likely N-dealkylation sites (tertiary alicyclic amines) is 2. The summed E-state index contributed by atoms with van der Waals surface area (Å²) in [5.74, 6) is -2.21. The van der Waals surface area contributed by atoms with Crippen molar-refractivity contribution in [3.63, 3.8) is 0 Å². The lowest BCUT2D eigenvalue weighted by atomic mass is 9.77. The molecule has 3 fully saturated rings. The third-order valence-corrected chi connectivity index (χ3v) is 6.08. The largest absolute Gasteiger partial charge is 0.481 e. The zero-order valence-corrected chi connectivity index (χ0v) is 13.6. The number of piperidine rings is 1. The van der Waals surface area contributed by atoms with Crippen molar-refractivity contribution >= 4 is 11.9 Å². The predicted octanol–water partition coefficient (Wildman–Crippen LogP) is 0.726. The average Bonchev–Trinajstić information content (AvgIpc) is 3.15. The molecule has 0 aromatic rings. The summed E-state index contributed by atoms with van der Waals surface area (Å²) in [6, 6.07) is 0.740. The van der Waals surface area contributed by atoms with E-state index in [2.05, 4.69) is 18.7 Å². The van der Waals surface area contributed by atoms with Gasteiger partial charge in [0.1, 0.15) is 11.5 Å². The van der Waals surface area contributed by atoms with Gasteiger partial charge in [-0.1, -0.05) is 12.2 Å². The molecule has 1 N–H and O–H groups in total. The lowest BCUT2D eigenvalue weighted by molar-refractivity contribution is -0.148. The smallest absolute Gasteiger partial charge is 0.310 e. The van der Waals surface area contributed by atoms with Gasteiger partial charge in [-0.2, -0.15) is 0 Å². The zero-order valence-electron chi connectivity index (χ0n) is 13.6. The molecule has 4 atom stereocenters. The van der Waals surface area contributed by atoms with Crippen LogP contribution < -0.4 is 0 Å². The Balaban J connectivity index is 1.52. The first-order chi connectivity index (χ1) is 10.9. The van der Waals surface area contributed by atoms with Crippen molar-refractivity contribution in [3.8, 4) is 0 Å². The molecule has 4 aliphatic rings. The number of hydrogen-bond donors (Lipinski definition) is 1. The molecule has 0 aromatic heterocycles. The van der Waals surface area contributed by atoms with Crippen molar-refractivity contribution in [1.29, 1.82) is 0 Å². The van der Waals surface area contributed by atoms with Gasteiger partial charge in [0.2, 0.25) is 5.91 Å². The van der Waals surface area contributed by atoms with E-state index >= 15 is 0 Å². The monoisotopic (exact) mass is 320 g/mol. The van der Waals surface area contributed by atoms with E-state index < -0.39 is 29.5 Å². The van der Waals surface area contributed by atoms with Gasteiger partial charge >= 0.3 is 5.97 Å². The maximum atomic E-state index is 12.9. The van der Waals surface area contributed by atoms with E-state index in [1.54, 1.807) is 0 Å². The summed E-state index contributed by atoms with van der Waals surface area (Å²) in [6.45, 7) is 6.88. The highest BCUT2D eigenvalue weighted by atomic mass is 16.5. The van der Waals surface area contributed by atoms with Crippen molar-refractivity contribution < 1.29 is 19.4 Å². The Bertz CT molecular complexity index is 567. The van der Waals surface area contributed by atoms with Crippen LogP contribution in [-0.4, -0.2) is 70.2 Å². The standard InChI is InChI=1S/C17H24N2O4/c1-10(2)18-7-4-11(5-8-18)19-9-17-6-3-12(23-17)13(16(21)22)14(17)15(19)20/h3,6,10-14H,4-5,7-9H2,1-2H3,(H,21,22). The van der Waals surface area contributed by atoms with Crippen molar-refractivity contribution in [2.45, 2.75) is 50.5 Å². The Labute approximate surface area is 136 Å². The second-order valence-corrected chi connectivity index (χ2v) is 7.57. The lowest BCUT2D eigenvalue weighted by Crippen LogP contribution is -2.48. The van der Waals surface area contributed by atoms with E-state index in [9.17, 15) is 14.7 Å². The number of hydrogen-bond acceptors (Lipinski definition) is 4. The number of carboxylic acid groups (broad SMARTS) is 1. The molecule has 2 bridgehead atoms. The number of amides is 1. The molecule has 23 heavy (non-hydrogen) atoms. The molecule has 0 radical (unpaired) electrons.